The van der Waals surface area contributed by atoms with Crippen molar-refractivity contribution in [3.63, 3.8) is 0 Å². The molecule has 1 aliphatic heterocycles. The van der Waals surface area contributed by atoms with Crippen LogP contribution in [0.15, 0.2) is 42.5 Å². The second-order valence-electron chi connectivity index (χ2n) is 5.88. The summed E-state index contributed by atoms with van der Waals surface area (Å²) in [6.45, 7) is 2.07. The molecule has 1 amide bonds. The number of benzene rings is 2. The Morgan fingerprint density at radius 2 is 2.12 bits per heavy atom. The van der Waals surface area contributed by atoms with Crippen LogP contribution in [0.2, 0.25) is 0 Å². The molecule has 0 spiro atoms. The Bertz CT molecular complexity index is 718. The van der Waals surface area contributed by atoms with Crippen LogP contribution >= 0.6 is 0 Å². The molecule has 2 N–H and O–H groups in total. The van der Waals surface area contributed by atoms with Gasteiger partial charge < -0.3 is 15.4 Å². The Hall–Kier alpha value is -2.40. The zero-order valence-corrected chi connectivity index (χ0v) is 13.5. The third-order valence-corrected chi connectivity index (χ3v) is 3.94. The Morgan fingerprint density at radius 1 is 1.21 bits per heavy atom. The van der Waals surface area contributed by atoms with Gasteiger partial charge in [0.2, 0.25) is 5.91 Å². The molecule has 126 valence electrons. The lowest BCUT2D eigenvalue weighted by molar-refractivity contribution is -0.116. The van der Waals surface area contributed by atoms with E-state index in [1.807, 2.05) is 12.1 Å². The zero-order chi connectivity index (χ0) is 16.8. The number of carbonyl (C=O) groups excluding carboxylic acids is 1. The zero-order valence-electron chi connectivity index (χ0n) is 13.5. The minimum absolute atomic E-state index is 0.132. The van der Waals surface area contributed by atoms with Gasteiger partial charge in [-0.15, -0.1) is 0 Å². The van der Waals surface area contributed by atoms with Gasteiger partial charge in [0.25, 0.3) is 0 Å². The van der Waals surface area contributed by atoms with Crippen molar-refractivity contribution in [3.05, 3.63) is 59.4 Å². The number of amides is 1. The van der Waals surface area contributed by atoms with Gasteiger partial charge in [-0.1, -0.05) is 18.2 Å². The number of hydrogen-bond donors (Lipinski definition) is 2. The van der Waals surface area contributed by atoms with E-state index >= 15 is 0 Å². The van der Waals surface area contributed by atoms with Crippen LogP contribution in [-0.2, 0) is 17.8 Å². The second-order valence-corrected chi connectivity index (χ2v) is 5.88. The van der Waals surface area contributed by atoms with E-state index in [9.17, 15) is 9.18 Å². The van der Waals surface area contributed by atoms with Gasteiger partial charge in [0.15, 0.2) is 0 Å². The van der Waals surface area contributed by atoms with Crippen LogP contribution in [0.5, 0.6) is 5.75 Å². The highest BCUT2D eigenvalue weighted by Gasteiger charge is 2.10. The highest BCUT2D eigenvalue weighted by molar-refractivity contribution is 5.90. The van der Waals surface area contributed by atoms with E-state index in [0.717, 1.165) is 25.2 Å². The number of carbonyl (C=O) groups is 1. The number of hydrogen-bond acceptors (Lipinski definition) is 3. The van der Waals surface area contributed by atoms with Crippen molar-refractivity contribution in [3.8, 4) is 5.75 Å². The average Bonchev–Trinajstić information content (AvgIpc) is 2.58. The molecule has 0 fully saturated rings. The molecule has 5 heteroatoms. The lowest BCUT2D eigenvalue weighted by Gasteiger charge is -2.18. The molecule has 1 heterocycles. The van der Waals surface area contributed by atoms with Gasteiger partial charge in [-0.3, -0.25) is 4.79 Å². The van der Waals surface area contributed by atoms with Crippen LogP contribution in [0.3, 0.4) is 0 Å². The summed E-state index contributed by atoms with van der Waals surface area (Å²) in [5, 5.41) is 5.95. The van der Waals surface area contributed by atoms with Gasteiger partial charge in [-0.05, 0) is 48.2 Å². The minimum atomic E-state index is -0.359. The predicted octanol–water partition coefficient (Wildman–Crippen LogP) is 3.27. The molecule has 1 aliphatic rings. The van der Waals surface area contributed by atoms with Crippen molar-refractivity contribution in [2.24, 2.45) is 0 Å². The van der Waals surface area contributed by atoms with Crippen molar-refractivity contribution < 1.29 is 13.9 Å². The predicted molar refractivity (Wildman–Crippen MR) is 91.6 cm³/mol. The van der Waals surface area contributed by atoms with E-state index in [-0.39, 0.29) is 11.7 Å². The van der Waals surface area contributed by atoms with E-state index in [1.165, 1.54) is 23.3 Å². The molecule has 0 atom stereocenters. The molecule has 0 saturated carbocycles. The molecule has 0 bridgehead atoms. The molecule has 4 nitrogen and oxygen atoms in total. The number of rotatable bonds is 6. The van der Waals surface area contributed by atoms with E-state index in [2.05, 4.69) is 16.7 Å². The molecule has 3 rings (SSSR count). The third-order valence-electron chi connectivity index (χ3n) is 3.94. The fourth-order valence-electron chi connectivity index (χ4n) is 2.75. The SMILES string of the molecule is O=C(CCNCc1ccc2c(c1)CCCO2)Nc1cccc(F)c1. The van der Waals surface area contributed by atoms with Gasteiger partial charge in [-0.25, -0.2) is 4.39 Å². The van der Waals surface area contributed by atoms with Gasteiger partial charge in [0.1, 0.15) is 11.6 Å². The van der Waals surface area contributed by atoms with Crippen molar-refractivity contribution in [2.75, 3.05) is 18.5 Å². The smallest absolute Gasteiger partial charge is 0.225 e. The van der Waals surface area contributed by atoms with Gasteiger partial charge in [0, 0.05) is 25.2 Å². The van der Waals surface area contributed by atoms with Crippen molar-refractivity contribution in [2.45, 2.75) is 25.8 Å². The van der Waals surface area contributed by atoms with E-state index in [0.29, 0.717) is 25.2 Å². The van der Waals surface area contributed by atoms with E-state index in [4.69, 9.17) is 4.74 Å². The third kappa shape index (κ3) is 4.55. The fraction of sp³-hybridized carbons (Fsp3) is 0.316. The summed E-state index contributed by atoms with van der Waals surface area (Å²) < 4.78 is 18.7. The summed E-state index contributed by atoms with van der Waals surface area (Å²) in [6, 6.07) is 12.1. The Kier molecular flexibility index (Phi) is 5.43. The molecule has 24 heavy (non-hydrogen) atoms. The first-order valence-corrected chi connectivity index (χ1v) is 8.21. The fourth-order valence-corrected chi connectivity index (χ4v) is 2.75. The number of anilines is 1. The molecule has 0 unspecified atom stereocenters. The van der Waals surface area contributed by atoms with Crippen LogP contribution in [0.25, 0.3) is 0 Å². The maximum absolute atomic E-state index is 13.1. The molecular weight excluding hydrogens is 307 g/mol. The monoisotopic (exact) mass is 328 g/mol. The quantitative estimate of drug-likeness (QED) is 0.800. The van der Waals surface area contributed by atoms with E-state index in [1.54, 1.807) is 12.1 Å². The first kappa shape index (κ1) is 16.5. The summed E-state index contributed by atoms with van der Waals surface area (Å²) in [5.74, 6) is 0.494. The number of ether oxygens (including phenoxy) is 1. The Morgan fingerprint density at radius 3 is 3.00 bits per heavy atom. The number of aryl methyl sites for hydroxylation is 1. The summed E-state index contributed by atoms with van der Waals surface area (Å²) >= 11 is 0. The lowest BCUT2D eigenvalue weighted by atomic mass is 10.0. The van der Waals surface area contributed by atoms with Crippen LogP contribution < -0.4 is 15.4 Å². The van der Waals surface area contributed by atoms with Crippen LogP contribution in [0.4, 0.5) is 10.1 Å². The first-order chi connectivity index (χ1) is 11.7. The van der Waals surface area contributed by atoms with Crippen molar-refractivity contribution >= 4 is 11.6 Å². The summed E-state index contributed by atoms with van der Waals surface area (Å²) in [5.41, 5.74) is 2.92. The average molecular weight is 328 g/mol. The Balaban J connectivity index is 1.41. The van der Waals surface area contributed by atoms with Crippen molar-refractivity contribution in [1.82, 2.24) is 5.32 Å². The topological polar surface area (TPSA) is 50.4 Å². The summed E-state index contributed by atoms with van der Waals surface area (Å²) in [6.07, 6.45) is 2.45. The highest BCUT2D eigenvalue weighted by atomic mass is 19.1. The van der Waals surface area contributed by atoms with Crippen LogP contribution in [0.1, 0.15) is 24.0 Å². The van der Waals surface area contributed by atoms with E-state index < -0.39 is 0 Å². The molecule has 2 aromatic carbocycles. The second kappa shape index (κ2) is 7.93. The summed E-state index contributed by atoms with van der Waals surface area (Å²) in [4.78, 5) is 11.8. The maximum Gasteiger partial charge on any atom is 0.225 e. The highest BCUT2D eigenvalue weighted by Crippen LogP contribution is 2.25. The van der Waals surface area contributed by atoms with Crippen molar-refractivity contribution in [1.29, 1.82) is 0 Å². The molecule has 0 radical (unpaired) electrons. The van der Waals surface area contributed by atoms with Crippen LogP contribution in [0, 0.1) is 5.82 Å². The molecule has 0 saturated heterocycles. The standard InChI is InChI=1S/C19H21FN2O2/c20-16-4-1-5-17(12-16)22-19(23)8-9-21-13-14-6-7-18-15(11-14)3-2-10-24-18/h1,4-7,11-12,21H,2-3,8-10,13H2,(H,22,23). The molecular formula is C19H21FN2O2. The maximum atomic E-state index is 13.1. The van der Waals surface area contributed by atoms with Gasteiger partial charge in [-0.2, -0.15) is 0 Å². The lowest BCUT2D eigenvalue weighted by Crippen LogP contribution is -2.21. The molecule has 0 aromatic heterocycles. The van der Waals surface area contributed by atoms with Gasteiger partial charge >= 0.3 is 0 Å². The van der Waals surface area contributed by atoms with Gasteiger partial charge in [0.05, 0.1) is 6.61 Å². The normalized spacial score (nSPS) is 13.0. The largest absolute Gasteiger partial charge is 0.493 e. The first-order valence-electron chi connectivity index (χ1n) is 8.21. The van der Waals surface area contributed by atoms with Crippen LogP contribution in [-0.4, -0.2) is 19.1 Å². The number of fused-ring (bicyclic) bond motifs is 1. The molecule has 0 aliphatic carbocycles. The minimum Gasteiger partial charge on any atom is -0.493 e. The Labute approximate surface area is 141 Å². The molecule has 2 aromatic rings. The number of nitrogens with one attached hydrogen (secondary N) is 2. The summed E-state index contributed by atoms with van der Waals surface area (Å²) in [7, 11) is 0. The number of halogens is 1.